The molecule has 0 aromatic heterocycles. The van der Waals surface area contributed by atoms with Crippen molar-refractivity contribution in [3.05, 3.63) is 72.9 Å². The molecule has 9 nitrogen and oxygen atoms in total. The summed E-state index contributed by atoms with van der Waals surface area (Å²) in [5, 5.41) is 0. The number of carbonyl (C=O) groups excluding carboxylic acids is 2. The minimum absolute atomic E-state index is 0.0304. The number of phosphoric ester groups is 1. The Hall–Kier alpha value is -2.55. The number of rotatable bonds is 64. The third kappa shape index (κ3) is 66.6. The van der Waals surface area contributed by atoms with Gasteiger partial charge >= 0.3 is 19.8 Å². The molecule has 0 spiro atoms. The summed E-state index contributed by atoms with van der Waals surface area (Å²) in [6.07, 6.45) is 84.2. The molecule has 0 fully saturated rings. The van der Waals surface area contributed by atoms with Crippen LogP contribution in [0.25, 0.3) is 0 Å². The Labute approximate surface area is 508 Å². The molecule has 478 valence electrons. The van der Waals surface area contributed by atoms with Crippen molar-refractivity contribution in [1.82, 2.24) is 0 Å². The van der Waals surface area contributed by atoms with E-state index in [1.165, 1.54) is 231 Å². The lowest BCUT2D eigenvalue weighted by atomic mass is 10.0. The van der Waals surface area contributed by atoms with E-state index in [4.69, 9.17) is 18.5 Å². The molecule has 10 heteroatoms. The monoisotopic (exact) mass is 1170 g/mol. The summed E-state index contributed by atoms with van der Waals surface area (Å²) in [7, 11) is 1.48. The Bertz CT molecular complexity index is 1610. The molecule has 0 saturated heterocycles. The smallest absolute Gasteiger partial charge is 0.462 e. The summed E-state index contributed by atoms with van der Waals surface area (Å²) in [4.78, 5) is 35.9. The summed E-state index contributed by atoms with van der Waals surface area (Å²) in [5.41, 5.74) is 0. The van der Waals surface area contributed by atoms with E-state index in [1.54, 1.807) is 0 Å². The van der Waals surface area contributed by atoms with Gasteiger partial charge in [0, 0.05) is 12.8 Å². The zero-order chi connectivity index (χ0) is 59.8. The SMILES string of the molecule is CCCCCCC/C=C\C/C=C\C/C=C\CCCCCCCCCCCCCCCCCCC(=O)OC(COC(=O)CCCCCCCCCCCCCC/C=C\C/C=C\C/C=C\CCCCCCC)COP(=O)(O)OCC[N+](C)(C)C. The number of nitrogens with zero attached hydrogens (tertiary/aromatic N) is 1. The quantitative estimate of drug-likeness (QED) is 0.0211. The van der Waals surface area contributed by atoms with Crippen LogP contribution < -0.4 is 0 Å². The van der Waals surface area contributed by atoms with Crippen LogP contribution in [0.5, 0.6) is 0 Å². The van der Waals surface area contributed by atoms with Gasteiger partial charge in [-0.15, -0.1) is 0 Å². The predicted octanol–water partition coefficient (Wildman–Crippen LogP) is 22.4. The van der Waals surface area contributed by atoms with Crippen molar-refractivity contribution < 1.29 is 42.1 Å². The van der Waals surface area contributed by atoms with E-state index in [0.717, 1.165) is 57.8 Å². The maximum atomic E-state index is 12.9. The Kier molecular flexibility index (Phi) is 61.0. The van der Waals surface area contributed by atoms with Crippen molar-refractivity contribution in [2.45, 2.75) is 328 Å². The van der Waals surface area contributed by atoms with Gasteiger partial charge in [0.2, 0.25) is 0 Å². The van der Waals surface area contributed by atoms with Crippen LogP contribution >= 0.6 is 7.82 Å². The van der Waals surface area contributed by atoms with Crippen molar-refractivity contribution in [3.8, 4) is 0 Å². The maximum Gasteiger partial charge on any atom is 0.472 e. The van der Waals surface area contributed by atoms with E-state index >= 15 is 0 Å². The standard InChI is InChI=1S/C72H132NO8P/c1-6-8-10-12-14-16-18-20-22-24-26-28-30-32-34-35-36-37-39-41-43-45-47-49-51-53-55-57-59-61-63-65-72(75)81-70(69-80-82(76,77)79-67-66-73(3,4)5)68-78-71(74)64-62-60-58-56-54-52-50-48-46-44-42-40-38-33-31-29-27-25-23-21-19-17-15-13-11-9-7-2/h18-21,24-27,30-33,70H,6-17,22-23,28-29,34-69H2,1-5H3/p+1/b20-18-,21-19-,26-24-,27-25-,32-30-,33-31-. The highest BCUT2D eigenvalue weighted by atomic mass is 31.2. The molecule has 0 aromatic rings. The molecule has 0 aromatic carbocycles. The van der Waals surface area contributed by atoms with Crippen molar-refractivity contribution in [1.29, 1.82) is 0 Å². The van der Waals surface area contributed by atoms with Crippen LogP contribution in [-0.2, 0) is 32.7 Å². The summed E-state index contributed by atoms with van der Waals surface area (Å²) < 4.78 is 34.7. The number of likely N-dealkylation sites (N-methyl/N-ethyl adjacent to an activating group) is 1. The molecule has 0 amide bonds. The van der Waals surface area contributed by atoms with Crippen molar-refractivity contribution in [2.24, 2.45) is 0 Å². The molecule has 2 atom stereocenters. The third-order valence-electron chi connectivity index (χ3n) is 15.2. The van der Waals surface area contributed by atoms with Gasteiger partial charge in [0.1, 0.15) is 19.8 Å². The molecule has 0 bridgehead atoms. The van der Waals surface area contributed by atoms with Crippen molar-refractivity contribution in [2.75, 3.05) is 47.5 Å². The first-order chi connectivity index (χ1) is 40.0. The molecule has 0 heterocycles. The average Bonchev–Trinajstić information content (AvgIpc) is 3.46. The second kappa shape index (κ2) is 63.0. The Morgan fingerprint density at radius 2 is 0.659 bits per heavy atom. The van der Waals surface area contributed by atoms with Gasteiger partial charge in [-0.25, -0.2) is 4.57 Å². The molecule has 0 rings (SSSR count). The number of hydrogen-bond acceptors (Lipinski definition) is 7. The van der Waals surface area contributed by atoms with E-state index in [1.807, 2.05) is 21.1 Å². The number of unbranched alkanes of at least 4 members (excludes halogenated alkanes) is 38. The highest BCUT2D eigenvalue weighted by Crippen LogP contribution is 2.43. The summed E-state index contributed by atoms with van der Waals surface area (Å²) in [6, 6.07) is 0. The number of phosphoric acid groups is 1. The van der Waals surface area contributed by atoms with Gasteiger partial charge in [0.05, 0.1) is 27.7 Å². The fourth-order valence-corrected chi connectivity index (χ4v) is 10.6. The van der Waals surface area contributed by atoms with Crippen LogP contribution in [-0.4, -0.2) is 74.9 Å². The first-order valence-corrected chi connectivity index (χ1v) is 36.2. The Balaban J connectivity index is 4.05. The van der Waals surface area contributed by atoms with Crippen molar-refractivity contribution >= 4 is 19.8 Å². The minimum Gasteiger partial charge on any atom is -0.462 e. The molecular formula is C72H133NO8P+. The summed E-state index contributed by atoms with van der Waals surface area (Å²) in [5.74, 6) is -0.789. The first-order valence-electron chi connectivity index (χ1n) is 34.7. The van der Waals surface area contributed by atoms with Crippen LogP contribution in [0.1, 0.15) is 322 Å². The van der Waals surface area contributed by atoms with Crippen LogP contribution in [0.15, 0.2) is 72.9 Å². The fraction of sp³-hybridized carbons (Fsp3) is 0.806. The lowest BCUT2D eigenvalue weighted by Crippen LogP contribution is -2.37. The minimum atomic E-state index is -4.39. The average molecular weight is 1170 g/mol. The topological polar surface area (TPSA) is 108 Å². The van der Waals surface area contributed by atoms with Crippen LogP contribution in [0.4, 0.5) is 0 Å². The second-order valence-electron chi connectivity index (χ2n) is 24.6. The summed E-state index contributed by atoms with van der Waals surface area (Å²) in [6.45, 7) is 4.45. The van der Waals surface area contributed by atoms with E-state index in [9.17, 15) is 19.0 Å². The lowest BCUT2D eigenvalue weighted by Gasteiger charge is -2.24. The molecule has 82 heavy (non-hydrogen) atoms. The third-order valence-corrected chi connectivity index (χ3v) is 16.2. The fourth-order valence-electron chi connectivity index (χ4n) is 9.86. The van der Waals surface area contributed by atoms with E-state index in [-0.39, 0.29) is 32.0 Å². The van der Waals surface area contributed by atoms with E-state index in [0.29, 0.717) is 17.4 Å². The molecule has 0 saturated carbocycles. The summed E-state index contributed by atoms with van der Waals surface area (Å²) >= 11 is 0. The second-order valence-corrected chi connectivity index (χ2v) is 26.0. The van der Waals surface area contributed by atoms with Crippen LogP contribution in [0.3, 0.4) is 0 Å². The Morgan fingerprint density at radius 3 is 0.976 bits per heavy atom. The van der Waals surface area contributed by atoms with E-state index in [2.05, 4.69) is 86.8 Å². The number of quaternary nitrogens is 1. The van der Waals surface area contributed by atoms with Gasteiger partial charge in [-0.2, -0.15) is 0 Å². The zero-order valence-corrected chi connectivity index (χ0v) is 55.4. The molecular weight excluding hydrogens is 1040 g/mol. The van der Waals surface area contributed by atoms with Crippen LogP contribution in [0.2, 0.25) is 0 Å². The van der Waals surface area contributed by atoms with Gasteiger partial charge in [0.15, 0.2) is 6.10 Å². The van der Waals surface area contributed by atoms with Crippen molar-refractivity contribution in [3.63, 3.8) is 0 Å². The van der Waals surface area contributed by atoms with Gasteiger partial charge in [0.25, 0.3) is 0 Å². The van der Waals surface area contributed by atoms with Gasteiger partial charge in [-0.05, 0) is 89.9 Å². The molecule has 1 N–H and O–H groups in total. The molecule has 0 aliphatic carbocycles. The molecule has 0 aliphatic rings. The number of esters is 2. The molecule has 2 unspecified atom stereocenters. The number of hydrogen-bond donors (Lipinski definition) is 1. The highest BCUT2D eigenvalue weighted by Gasteiger charge is 2.27. The first kappa shape index (κ1) is 79.5. The van der Waals surface area contributed by atoms with Gasteiger partial charge in [-0.1, -0.05) is 292 Å². The highest BCUT2D eigenvalue weighted by molar-refractivity contribution is 7.47. The normalized spacial score (nSPS) is 13.6. The van der Waals surface area contributed by atoms with E-state index < -0.39 is 26.5 Å². The number of carbonyl (C=O) groups is 2. The molecule has 0 radical (unpaired) electrons. The zero-order valence-electron chi connectivity index (χ0n) is 54.5. The number of allylic oxidation sites excluding steroid dienone is 12. The van der Waals surface area contributed by atoms with Gasteiger partial charge < -0.3 is 18.9 Å². The maximum absolute atomic E-state index is 12.9. The van der Waals surface area contributed by atoms with Gasteiger partial charge in [-0.3, -0.25) is 18.6 Å². The Morgan fingerprint density at radius 1 is 0.378 bits per heavy atom. The largest absolute Gasteiger partial charge is 0.472 e. The van der Waals surface area contributed by atoms with Crippen LogP contribution in [0, 0.1) is 0 Å². The number of ether oxygens (including phenoxy) is 2. The molecule has 0 aliphatic heterocycles. The lowest BCUT2D eigenvalue weighted by molar-refractivity contribution is -0.870. The predicted molar refractivity (Wildman–Crippen MR) is 353 cm³/mol.